The SMILES string of the molecule is CC(C)=C(C(=O)C(C)(C)CN)n1ccnc1. The van der Waals surface area contributed by atoms with E-state index in [1.807, 2.05) is 27.7 Å². The average molecular weight is 221 g/mol. The van der Waals surface area contributed by atoms with Crippen molar-refractivity contribution in [1.29, 1.82) is 0 Å². The predicted octanol–water partition coefficient (Wildman–Crippen LogP) is 1.69. The Bertz CT molecular complexity index is 398. The van der Waals surface area contributed by atoms with E-state index >= 15 is 0 Å². The van der Waals surface area contributed by atoms with Crippen molar-refractivity contribution in [2.24, 2.45) is 11.1 Å². The summed E-state index contributed by atoms with van der Waals surface area (Å²) < 4.78 is 1.75. The van der Waals surface area contributed by atoms with Gasteiger partial charge >= 0.3 is 0 Å². The summed E-state index contributed by atoms with van der Waals surface area (Å²) >= 11 is 0. The van der Waals surface area contributed by atoms with Gasteiger partial charge in [-0.05, 0) is 19.4 Å². The van der Waals surface area contributed by atoms with E-state index in [2.05, 4.69) is 4.98 Å². The molecule has 0 aliphatic heterocycles. The Kier molecular flexibility index (Phi) is 3.65. The molecule has 0 atom stereocenters. The van der Waals surface area contributed by atoms with Gasteiger partial charge in [0.25, 0.3) is 0 Å². The van der Waals surface area contributed by atoms with Crippen LogP contribution in [0.15, 0.2) is 24.3 Å². The summed E-state index contributed by atoms with van der Waals surface area (Å²) in [6.07, 6.45) is 5.06. The van der Waals surface area contributed by atoms with Gasteiger partial charge in [0.15, 0.2) is 5.78 Å². The Hall–Kier alpha value is -1.42. The molecule has 0 saturated heterocycles. The zero-order valence-corrected chi connectivity index (χ0v) is 10.3. The molecule has 0 amide bonds. The van der Waals surface area contributed by atoms with E-state index in [1.165, 1.54) is 0 Å². The van der Waals surface area contributed by atoms with Crippen LogP contribution in [-0.2, 0) is 4.79 Å². The average Bonchev–Trinajstić information content (AvgIpc) is 2.70. The zero-order chi connectivity index (χ0) is 12.3. The molecule has 0 unspecified atom stereocenters. The molecule has 1 heterocycles. The number of aromatic nitrogens is 2. The van der Waals surface area contributed by atoms with E-state index in [0.717, 1.165) is 5.57 Å². The van der Waals surface area contributed by atoms with Gasteiger partial charge in [0.1, 0.15) is 0 Å². The van der Waals surface area contributed by atoms with Crippen LogP contribution in [0.3, 0.4) is 0 Å². The third-order valence-electron chi connectivity index (χ3n) is 2.58. The van der Waals surface area contributed by atoms with E-state index in [0.29, 0.717) is 12.2 Å². The molecule has 0 aromatic carbocycles. The van der Waals surface area contributed by atoms with Crippen LogP contribution in [-0.4, -0.2) is 21.9 Å². The lowest BCUT2D eigenvalue weighted by atomic mass is 9.85. The first-order chi connectivity index (χ1) is 7.40. The number of imidazole rings is 1. The van der Waals surface area contributed by atoms with Gasteiger partial charge in [0.2, 0.25) is 0 Å². The Morgan fingerprint density at radius 2 is 2.06 bits per heavy atom. The van der Waals surface area contributed by atoms with Gasteiger partial charge in [-0.25, -0.2) is 4.98 Å². The van der Waals surface area contributed by atoms with Crippen molar-refractivity contribution in [2.75, 3.05) is 6.54 Å². The first kappa shape index (κ1) is 12.6. The normalized spacial score (nSPS) is 11.3. The maximum Gasteiger partial charge on any atom is 0.186 e. The van der Waals surface area contributed by atoms with E-state index in [4.69, 9.17) is 5.73 Å². The number of carbonyl (C=O) groups is 1. The molecule has 1 aromatic heterocycles. The van der Waals surface area contributed by atoms with Crippen molar-refractivity contribution in [3.05, 3.63) is 24.3 Å². The van der Waals surface area contributed by atoms with Crippen LogP contribution in [0.2, 0.25) is 0 Å². The van der Waals surface area contributed by atoms with Crippen molar-refractivity contribution in [2.45, 2.75) is 27.7 Å². The van der Waals surface area contributed by atoms with E-state index < -0.39 is 5.41 Å². The summed E-state index contributed by atoms with van der Waals surface area (Å²) in [5.74, 6) is 0.0491. The van der Waals surface area contributed by atoms with Crippen molar-refractivity contribution in [3.8, 4) is 0 Å². The summed E-state index contributed by atoms with van der Waals surface area (Å²) in [6, 6.07) is 0. The molecule has 4 heteroatoms. The fraction of sp³-hybridized carbons (Fsp3) is 0.500. The third-order valence-corrected chi connectivity index (χ3v) is 2.58. The van der Waals surface area contributed by atoms with Crippen molar-refractivity contribution < 1.29 is 4.79 Å². The second kappa shape index (κ2) is 4.61. The molecule has 0 radical (unpaired) electrons. The van der Waals surface area contributed by atoms with Gasteiger partial charge in [0.05, 0.1) is 12.0 Å². The van der Waals surface area contributed by atoms with Gasteiger partial charge in [0, 0.05) is 24.4 Å². The van der Waals surface area contributed by atoms with Gasteiger partial charge in [-0.15, -0.1) is 0 Å². The predicted molar refractivity (Wildman–Crippen MR) is 64.6 cm³/mol. The van der Waals surface area contributed by atoms with Crippen LogP contribution in [0.25, 0.3) is 5.70 Å². The lowest BCUT2D eigenvalue weighted by Crippen LogP contribution is -2.34. The van der Waals surface area contributed by atoms with Gasteiger partial charge in [-0.3, -0.25) is 4.79 Å². The smallest absolute Gasteiger partial charge is 0.186 e. The summed E-state index contributed by atoms with van der Waals surface area (Å²) in [5, 5.41) is 0. The number of nitrogens with two attached hydrogens (primary N) is 1. The number of hydrogen-bond acceptors (Lipinski definition) is 3. The summed E-state index contributed by atoms with van der Waals surface area (Å²) in [7, 11) is 0. The Morgan fingerprint density at radius 3 is 2.44 bits per heavy atom. The highest BCUT2D eigenvalue weighted by Gasteiger charge is 2.30. The minimum Gasteiger partial charge on any atom is -0.329 e. The molecule has 16 heavy (non-hydrogen) atoms. The van der Waals surface area contributed by atoms with E-state index in [9.17, 15) is 4.79 Å². The molecule has 0 bridgehead atoms. The Labute approximate surface area is 96.2 Å². The van der Waals surface area contributed by atoms with E-state index in [1.54, 1.807) is 23.3 Å². The zero-order valence-electron chi connectivity index (χ0n) is 10.3. The second-order valence-corrected chi connectivity index (χ2v) is 4.74. The number of allylic oxidation sites excluding steroid dienone is 2. The highest BCUT2D eigenvalue weighted by molar-refractivity contribution is 6.18. The second-order valence-electron chi connectivity index (χ2n) is 4.74. The van der Waals surface area contributed by atoms with E-state index in [-0.39, 0.29) is 5.78 Å². The third kappa shape index (κ3) is 2.39. The fourth-order valence-electron chi connectivity index (χ4n) is 1.41. The number of rotatable bonds is 4. The molecule has 1 rings (SSSR count). The van der Waals surface area contributed by atoms with Crippen LogP contribution in [0.4, 0.5) is 0 Å². The van der Waals surface area contributed by atoms with Crippen LogP contribution in [0.5, 0.6) is 0 Å². The highest BCUT2D eigenvalue weighted by atomic mass is 16.1. The lowest BCUT2D eigenvalue weighted by Gasteiger charge is -2.23. The minimum atomic E-state index is -0.545. The van der Waals surface area contributed by atoms with Gasteiger partial charge in [-0.1, -0.05) is 13.8 Å². The monoisotopic (exact) mass is 221 g/mol. The summed E-state index contributed by atoms with van der Waals surface area (Å²) in [5.41, 5.74) is 6.71. The lowest BCUT2D eigenvalue weighted by molar-refractivity contribution is -0.121. The molecule has 4 nitrogen and oxygen atoms in total. The molecular weight excluding hydrogens is 202 g/mol. The molecule has 0 aliphatic rings. The first-order valence-electron chi connectivity index (χ1n) is 5.31. The van der Waals surface area contributed by atoms with Gasteiger partial charge < -0.3 is 10.3 Å². The molecule has 0 aliphatic carbocycles. The molecule has 0 spiro atoms. The van der Waals surface area contributed by atoms with Crippen molar-refractivity contribution in [3.63, 3.8) is 0 Å². The summed E-state index contributed by atoms with van der Waals surface area (Å²) in [6.45, 7) is 7.88. The van der Waals surface area contributed by atoms with Crippen LogP contribution < -0.4 is 5.73 Å². The quantitative estimate of drug-likeness (QED) is 0.787. The Balaban J connectivity index is 3.18. The van der Waals surface area contributed by atoms with Crippen molar-refractivity contribution in [1.82, 2.24) is 9.55 Å². The molecule has 0 fully saturated rings. The van der Waals surface area contributed by atoms with Crippen molar-refractivity contribution >= 4 is 11.5 Å². The van der Waals surface area contributed by atoms with Crippen LogP contribution in [0.1, 0.15) is 27.7 Å². The van der Waals surface area contributed by atoms with Gasteiger partial charge in [-0.2, -0.15) is 0 Å². The first-order valence-corrected chi connectivity index (χ1v) is 5.31. The summed E-state index contributed by atoms with van der Waals surface area (Å²) in [4.78, 5) is 16.3. The number of Topliss-reactive ketones (excluding diaryl/α,β-unsaturated/α-hetero) is 1. The molecule has 1 aromatic rings. The maximum atomic E-state index is 12.3. The standard InChI is InChI=1S/C12H19N3O/c1-9(2)10(15-6-5-14-8-15)11(16)12(3,4)7-13/h5-6,8H,7,13H2,1-4H3. The number of carbonyl (C=O) groups excluding carboxylic acids is 1. The number of nitrogens with zero attached hydrogens (tertiary/aromatic N) is 2. The molecular formula is C12H19N3O. The molecule has 88 valence electrons. The molecule has 0 saturated carbocycles. The van der Waals surface area contributed by atoms with Crippen LogP contribution in [0, 0.1) is 5.41 Å². The minimum absolute atomic E-state index is 0.0491. The Morgan fingerprint density at radius 1 is 1.44 bits per heavy atom. The van der Waals surface area contributed by atoms with Crippen LogP contribution >= 0.6 is 0 Å². The maximum absolute atomic E-state index is 12.3. The largest absolute Gasteiger partial charge is 0.329 e. The number of ketones is 1. The highest BCUT2D eigenvalue weighted by Crippen LogP contribution is 2.24. The topological polar surface area (TPSA) is 60.9 Å². The number of hydrogen-bond donors (Lipinski definition) is 1. The fourth-order valence-corrected chi connectivity index (χ4v) is 1.41. The molecule has 2 N–H and O–H groups in total.